The van der Waals surface area contributed by atoms with Crippen molar-refractivity contribution in [1.82, 2.24) is 0 Å². The van der Waals surface area contributed by atoms with Gasteiger partial charge in [-0.05, 0) is 30.0 Å². The van der Waals surface area contributed by atoms with Crippen molar-refractivity contribution in [1.29, 1.82) is 0 Å². The van der Waals surface area contributed by atoms with Gasteiger partial charge in [0.2, 0.25) is 0 Å². The summed E-state index contributed by atoms with van der Waals surface area (Å²) in [4.78, 5) is 26.5. The zero-order valence-electron chi connectivity index (χ0n) is 15.8. The van der Waals surface area contributed by atoms with Crippen molar-refractivity contribution >= 4 is 39.4 Å². The van der Waals surface area contributed by atoms with Gasteiger partial charge in [-0.1, -0.05) is 60.7 Å². The minimum atomic E-state index is -0.211. The summed E-state index contributed by atoms with van der Waals surface area (Å²) in [5.74, 6) is -0.401. The third kappa shape index (κ3) is 2.53. The van der Waals surface area contributed by atoms with Crippen molar-refractivity contribution in [3.63, 3.8) is 0 Å². The van der Waals surface area contributed by atoms with Gasteiger partial charge in [-0.25, -0.2) is 0 Å². The molecule has 0 fully saturated rings. The highest BCUT2D eigenvalue weighted by Crippen LogP contribution is 2.39. The van der Waals surface area contributed by atoms with E-state index in [0.29, 0.717) is 28.1 Å². The number of nitrogen functional groups attached to an aromatic ring is 1. The molecule has 0 radical (unpaired) electrons. The second-order valence-corrected chi connectivity index (χ2v) is 7.26. The molecular formula is C25H18N2O2. The van der Waals surface area contributed by atoms with Crippen molar-refractivity contribution in [3.8, 4) is 0 Å². The minimum absolute atomic E-state index is 0.190. The van der Waals surface area contributed by atoms with Crippen molar-refractivity contribution in [2.24, 2.45) is 0 Å². The Morgan fingerprint density at radius 1 is 0.724 bits per heavy atom. The number of anilines is 3. The molecule has 0 aliphatic heterocycles. The number of carbonyl (C=O) groups excluding carboxylic acids is 2. The maximum Gasteiger partial charge on any atom is 0.196 e. The van der Waals surface area contributed by atoms with E-state index < -0.39 is 0 Å². The summed E-state index contributed by atoms with van der Waals surface area (Å²) >= 11 is 0. The van der Waals surface area contributed by atoms with Gasteiger partial charge in [0.1, 0.15) is 0 Å². The van der Waals surface area contributed by atoms with Crippen LogP contribution in [0.15, 0.2) is 72.8 Å². The number of carbonyl (C=O) groups is 2. The van der Waals surface area contributed by atoms with Gasteiger partial charge in [-0.2, -0.15) is 0 Å². The maximum absolute atomic E-state index is 13.3. The van der Waals surface area contributed by atoms with E-state index in [1.807, 2.05) is 55.5 Å². The largest absolute Gasteiger partial charge is 0.398 e. The zero-order valence-corrected chi connectivity index (χ0v) is 15.8. The molecule has 5 rings (SSSR count). The van der Waals surface area contributed by atoms with Crippen LogP contribution in [0.3, 0.4) is 0 Å². The third-order valence-electron chi connectivity index (χ3n) is 5.50. The van der Waals surface area contributed by atoms with Gasteiger partial charge in [0.25, 0.3) is 0 Å². The fourth-order valence-electron chi connectivity index (χ4n) is 4.03. The fraction of sp³-hybridized carbons (Fsp3) is 0.0400. The minimum Gasteiger partial charge on any atom is -0.398 e. The first kappa shape index (κ1) is 17.2. The third-order valence-corrected chi connectivity index (χ3v) is 5.50. The molecule has 0 spiro atoms. The molecular weight excluding hydrogens is 360 g/mol. The van der Waals surface area contributed by atoms with E-state index in [-0.39, 0.29) is 17.1 Å². The van der Waals surface area contributed by atoms with Crippen molar-refractivity contribution in [2.75, 3.05) is 11.1 Å². The molecule has 0 bridgehead atoms. The monoisotopic (exact) mass is 378 g/mol. The Balaban J connectivity index is 1.74. The van der Waals surface area contributed by atoms with Gasteiger partial charge in [-0.3, -0.25) is 9.59 Å². The summed E-state index contributed by atoms with van der Waals surface area (Å²) in [5, 5.41) is 5.52. The van der Waals surface area contributed by atoms with Crippen LogP contribution in [0.25, 0.3) is 10.8 Å². The highest BCUT2D eigenvalue weighted by molar-refractivity contribution is 6.32. The number of benzene rings is 4. The van der Waals surface area contributed by atoms with Crippen LogP contribution in [0.5, 0.6) is 0 Å². The molecule has 0 heterocycles. The highest BCUT2D eigenvalue weighted by atomic mass is 16.1. The van der Waals surface area contributed by atoms with Crippen LogP contribution in [0.4, 0.5) is 17.1 Å². The summed E-state index contributed by atoms with van der Waals surface area (Å²) in [6, 6.07) is 22.7. The van der Waals surface area contributed by atoms with Gasteiger partial charge in [0.15, 0.2) is 11.6 Å². The molecule has 1 aliphatic carbocycles. The van der Waals surface area contributed by atoms with Crippen LogP contribution < -0.4 is 11.1 Å². The SMILES string of the molecule is Cc1cc(Nc2cccc3ccccc23)c2c(c1N)C(=O)c1ccccc1C2=O. The van der Waals surface area contributed by atoms with Crippen molar-refractivity contribution in [2.45, 2.75) is 6.92 Å². The first-order chi connectivity index (χ1) is 14.1. The van der Waals surface area contributed by atoms with Gasteiger partial charge >= 0.3 is 0 Å². The molecule has 0 unspecified atom stereocenters. The molecule has 0 saturated heterocycles. The van der Waals surface area contributed by atoms with E-state index in [2.05, 4.69) is 5.32 Å². The van der Waals surface area contributed by atoms with Crippen molar-refractivity contribution < 1.29 is 9.59 Å². The smallest absolute Gasteiger partial charge is 0.196 e. The summed E-state index contributed by atoms with van der Waals surface area (Å²) in [6.07, 6.45) is 0. The molecule has 1 aliphatic rings. The number of nitrogens with two attached hydrogens (primary N) is 1. The molecule has 3 N–H and O–H groups in total. The van der Waals surface area contributed by atoms with Gasteiger partial charge in [0, 0.05) is 27.9 Å². The quantitative estimate of drug-likeness (QED) is 0.412. The van der Waals surface area contributed by atoms with Crippen molar-refractivity contribution in [3.05, 3.63) is 101 Å². The number of fused-ring (bicyclic) bond motifs is 3. The maximum atomic E-state index is 13.3. The average Bonchev–Trinajstić information content (AvgIpc) is 2.74. The summed E-state index contributed by atoms with van der Waals surface area (Å²) in [5.41, 5.74) is 10.3. The molecule has 4 aromatic carbocycles. The first-order valence-electron chi connectivity index (χ1n) is 9.42. The lowest BCUT2D eigenvalue weighted by atomic mass is 9.81. The van der Waals surface area contributed by atoms with Crippen LogP contribution in [-0.2, 0) is 0 Å². The van der Waals surface area contributed by atoms with E-state index in [9.17, 15) is 9.59 Å². The predicted molar refractivity (Wildman–Crippen MR) is 116 cm³/mol. The van der Waals surface area contributed by atoms with Crippen LogP contribution in [0, 0.1) is 6.92 Å². The second-order valence-electron chi connectivity index (χ2n) is 7.26. The molecule has 0 amide bonds. The summed E-state index contributed by atoms with van der Waals surface area (Å²) in [7, 11) is 0. The standard InChI is InChI=1S/C25H18N2O2/c1-14-13-20(27-19-12-6-8-15-7-2-3-9-16(15)19)21-22(23(14)26)25(29)18-11-5-4-10-17(18)24(21)28/h2-13,27H,26H2,1H3. The molecule has 29 heavy (non-hydrogen) atoms. The van der Waals surface area contributed by atoms with Crippen LogP contribution in [0.1, 0.15) is 37.4 Å². The van der Waals surface area contributed by atoms with Gasteiger partial charge in [-0.15, -0.1) is 0 Å². The number of rotatable bonds is 2. The normalized spacial score (nSPS) is 12.6. The second kappa shape index (κ2) is 6.31. The predicted octanol–water partition coefficient (Wildman–Crippen LogP) is 5.25. The highest BCUT2D eigenvalue weighted by Gasteiger charge is 2.34. The molecule has 4 heteroatoms. The Hall–Kier alpha value is -3.92. The van der Waals surface area contributed by atoms with E-state index in [1.165, 1.54) is 0 Å². The lowest BCUT2D eigenvalue weighted by Gasteiger charge is -2.24. The Morgan fingerprint density at radius 2 is 1.34 bits per heavy atom. The topological polar surface area (TPSA) is 72.2 Å². The molecule has 0 atom stereocenters. The van der Waals surface area contributed by atoms with Gasteiger partial charge in [0.05, 0.1) is 16.8 Å². The Kier molecular flexibility index (Phi) is 3.74. The van der Waals surface area contributed by atoms with Crippen LogP contribution in [0.2, 0.25) is 0 Å². The summed E-state index contributed by atoms with van der Waals surface area (Å²) < 4.78 is 0. The number of ketones is 2. The van der Waals surface area contributed by atoms with E-state index in [0.717, 1.165) is 22.0 Å². The van der Waals surface area contributed by atoms with Gasteiger partial charge < -0.3 is 11.1 Å². The van der Waals surface area contributed by atoms with Crippen LogP contribution in [-0.4, -0.2) is 11.6 Å². The number of nitrogens with one attached hydrogen (secondary N) is 1. The Labute approximate surface area is 168 Å². The Bertz CT molecular complexity index is 1330. The molecule has 0 saturated carbocycles. The van der Waals surface area contributed by atoms with E-state index in [1.54, 1.807) is 24.3 Å². The first-order valence-corrected chi connectivity index (χ1v) is 9.42. The molecule has 0 aromatic heterocycles. The molecule has 4 aromatic rings. The van der Waals surface area contributed by atoms with E-state index >= 15 is 0 Å². The molecule has 140 valence electrons. The lowest BCUT2D eigenvalue weighted by Crippen LogP contribution is -2.24. The summed E-state index contributed by atoms with van der Waals surface area (Å²) in [6.45, 7) is 1.85. The fourth-order valence-corrected chi connectivity index (χ4v) is 4.03. The van der Waals surface area contributed by atoms with E-state index in [4.69, 9.17) is 5.73 Å². The lowest BCUT2D eigenvalue weighted by molar-refractivity contribution is 0.0980. The zero-order chi connectivity index (χ0) is 20.1. The Morgan fingerprint density at radius 3 is 2.10 bits per heavy atom. The average molecular weight is 378 g/mol. The van der Waals surface area contributed by atoms with Crippen LogP contribution >= 0.6 is 0 Å². The molecule has 4 nitrogen and oxygen atoms in total. The number of aryl methyl sites for hydroxylation is 1. The number of hydrogen-bond acceptors (Lipinski definition) is 4. The number of hydrogen-bond donors (Lipinski definition) is 2.